The van der Waals surface area contributed by atoms with Crippen LogP contribution in [0.1, 0.15) is 17.4 Å². The molecule has 0 N–H and O–H groups in total. The second kappa shape index (κ2) is 6.39. The topological polar surface area (TPSA) is 37.4 Å². The monoisotopic (exact) mass is 349 g/mol. The molecule has 0 unspecified atom stereocenters. The van der Waals surface area contributed by atoms with Crippen molar-refractivity contribution >= 4 is 21.4 Å². The molecule has 1 aromatic heterocycles. The van der Waals surface area contributed by atoms with Crippen molar-refractivity contribution < 1.29 is 21.6 Å². The van der Waals surface area contributed by atoms with Gasteiger partial charge in [0.1, 0.15) is 0 Å². The average Bonchev–Trinajstić information content (AvgIpc) is 2.96. The van der Waals surface area contributed by atoms with Gasteiger partial charge in [0, 0.05) is 18.0 Å². The predicted octanol–water partition coefficient (Wildman–Crippen LogP) is 3.98. The van der Waals surface area contributed by atoms with E-state index < -0.39 is 21.8 Å². The molecule has 2 aromatic rings. The number of rotatable bonds is 5. The lowest BCUT2D eigenvalue weighted by Gasteiger charge is -2.20. The molecule has 8 heteroatoms. The van der Waals surface area contributed by atoms with Crippen LogP contribution < -0.4 is 0 Å². The van der Waals surface area contributed by atoms with E-state index in [1.165, 1.54) is 15.6 Å². The number of halogens is 3. The summed E-state index contributed by atoms with van der Waals surface area (Å²) in [4.78, 5) is 0.733. The SMILES string of the molecule is CCN(Cc1cccs1)S(=O)(=O)c1ccc(C(F)(F)F)cc1. The van der Waals surface area contributed by atoms with Gasteiger partial charge in [-0.05, 0) is 35.7 Å². The Hall–Kier alpha value is -1.38. The van der Waals surface area contributed by atoms with Crippen molar-refractivity contribution in [2.45, 2.75) is 24.5 Å². The minimum Gasteiger partial charge on any atom is -0.207 e. The zero-order valence-electron chi connectivity index (χ0n) is 11.7. The van der Waals surface area contributed by atoms with Crippen LogP contribution in [0.25, 0.3) is 0 Å². The lowest BCUT2D eigenvalue weighted by molar-refractivity contribution is -0.137. The normalized spacial score (nSPS) is 12.8. The van der Waals surface area contributed by atoms with E-state index in [2.05, 4.69) is 0 Å². The van der Waals surface area contributed by atoms with Crippen molar-refractivity contribution in [3.8, 4) is 0 Å². The first-order chi connectivity index (χ1) is 10.2. The van der Waals surface area contributed by atoms with Crippen LogP contribution in [-0.2, 0) is 22.7 Å². The molecule has 22 heavy (non-hydrogen) atoms. The van der Waals surface area contributed by atoms with Crippen LogP contribution in [0.5, 0.6) is 0 Å². The number of nitrogens with zero attached hydrogens (tertiary/aromatic N) is 1. The lowest BCUT2D eigenvalue weighted by atomic mass is 10.2. The largest absolute Gasteiger partial charge is 0.416 e. The number of hydrogen-bond donors (Lipinski definition) is 0. The Morgan fingerprint density at radius 2 is 1.77 bits per heavy atom. The fourth-order valence-electron chi connectivity index (χ4n) is 1.91. The zero-order chi connectivity index (χ0) is 16.4. The molecule has 0 bridgehead atoms. The van der Waals surface area contributed by atoms with E-state index in [4.69, 9.17) is 0 Å². The summed E-state index contributed by atoms with van der Waals surface area (Å²) in [5.41, 5.74) is -0.868. The van der Waals surface area contributed by atoms with E-state index in [9.17, 15) is 21.6 Å². The maximum absolute atomic E-state index is 12.5. The molecule has 1 heterocycles. The molecule has 2 rings (SSSR count). The summed E-state index contributed by atoms with van der Waals surface area (Å²) in [5.74, 6) is 0. The minimum atomic E-state index is -4.48. The molecule has 120 valence electrons. The van der Waals surface area contributed by atoms with Gasteiger partial charge in [0.25, 0.3) is 0 Å². The Morgan fingerprint density at radius 3 is 2.23 bits per heavy atom. The number of benzene rings is 1. The van der Waals surface area contributed by atoms with Crippen molar-refractivity contribution in [1.29, 1.82) is 0 Å². The molecule has 0 atom stereocenters. The standard InChI is InChI=1S/C14H14F3NO2S2/c1-2-18(10-12-4-3-9-21-12)22(19,20)13-7-5-11(6-8-13)14(15,16)17/h3-9H,2,10H2,1H3. The van der Waals surface area contributed by atoms with Gasteiger partial charge in [-0.25, -0.2) is 8.42 Å². The van der Waals surface area contributed by atoms with Gasteiger partial charge in [-0.2, -0.15) is 17.5 Å². The third-order valence-corrected chi connectivity index (χ3v) is 5.88. The van der Waals surface area contributed by atoms with E-state index in [1.54, 1.807) is 6.92 Å². The number of hydrogen-bond acceptors (Lipinski definition) is 3. The molecule has 0 spiro atoms. The molecule has 0 aliphatic rings. The molecular formula is C14H14F3NO2S2. The Morgan fingerprint density at radius 1 is 1.14 bits per heavy atom. The van der Waals surface area contributed by atoms with Crippen molar-refractivity contribution in [2.24, 2.45) is 0 Å². The van der Waals surface area contributed by atoms with Crippen LogP contribution >= 0.6 is 11.3 Å². The highest BCUT2D eigenvalue weighted by Crippen LogP contribution is 2.30. The van der Waals surface area contributed by atoms with Gasteiger partial charge in [0.2, 0.25) is 10.0 Å². The van der Waals surface area contributed by atoms with E-state index in [-0.39, 0.29) is 18.0 Å². The van der Waals surface area contributed by atoms with Crippen molar-refractivity contribution in [1.82, 2.24) is 4.31 Å². The number of sulfonamides is 1. The van der Waals surface area contributed by atoms with Crippen LogP contribution in [0.15, 0.2) is 46.7 Å². The van der Waals surface area contributed by atoms with Crippen molar-refractivity contribution in [2.75, 3.05) is 6.54 Å². The third-order valence-electron chi connectivity index (χ3n) is 3.08. The number of thiophene rings is 1. The van der Waals surface area contributed by atoms with Crippen LogP contribution in [0, 0.1) is 0 Å². The highest BCUT2D eigenvalue weighted by atomic mass is 32.2. The Kier molecular flexibility index (Phi) is 4.93. The third kappa shape index (κ3) is 3.68. The molecule has 0 aliphatic heterocycles. The second-order valence-electron chi connectivity index (χ2n) is 4.53. The minimum absolute atomic E-state index is 0.140. The van der Waals surface area contributed by atoms with E-state index >= 15 is 0 Å². The van der Waals surface area contributed by atoms with Gasteiger partial charge in [-0.3, -0.25) is 0 Å². The fourth-order valence-corrected chi connectivity index (χ4v) is 4.14. The first-order valence-electron chi connectivity index (χ1n) is 6.45. The molecule has 3 nitrogen and oxygen atoms in total. The van der Waals surface area contributed by atoms with Gasteiger partial charge in [0.15, 0.2) is 0 Å². The summed E-state index contributed by atoms with van der Waals surface area (Å²) >= 11 is 1.43. The van der Waals surface area contributed by atoms with Gasteiger partial charge in [-0.1, -0.05) is 13.0 Å². The summed E-state index contributed by atoms with van der Waals surface area (Å²) in [5, 5.41) is 1.84. The van der Waals surface area contributed by atoms with Crippen molar-refractivity contribution in [3.63, 3.8) is 0 Å². The highest BCUT2D eigenvalue weighted by Gasteiger charge is 2.31. The first kappa shape index (κ1) is 17.0. The van der Waals surface area contributed by atoms with Crippen molar-refractivity contribution in [3.05, 3.63) is 52.2 Å². The summed E-state index contributed by atoms with van der Waals surface area (Å²) in [6.45, 7) is 2.13. The molecule has 0 aliphatic carbocycles. The second-order valence-corrected chi connectivity index (χ2v) is 7.50. The van der Waals surface area contributed by atoms with E-state index in [0.29, 0.717) is 0 Å². The van der Waals surface area contributed by atoms with Gasteiger partial charge >= 0.3 is 6.18 Å². The molecule has 1 aromatic carbocycles. The molecule has 0 saturated carbocycles. The Bertz CT molecular complexity index is 708. The highest BCUT2D eigenvalue weighted by molar-refractivity contribution is 7.89. The maximum atomic E-state index is 12.5. The van der Waals surface area contributed by atoms with E-state index in [0.717, 1.165) is 29.1 Å². The van der Waals surface area contributed by atoms with Gasteiger partial charge in [0.05, 0.1) is 10.5 Å². The zero-order valence-corrected chi connectivity index (χ0v) is 13.3. The van der Waals surface area contributed by atoms with Crippen LogP contribution in [0.3, 0.4) is 0 Å². The van der Waals surface area contributed by atoms with E-state index in [1.807, 2.05) is 17.5 Å². The fraction of sp³-hybridized carbons (Fsp3) is 0.286. The molecule has 0 amide bonds. The molecular weight excluding hydrogens is 335 g/mol. The summed E-state index contributed by atoms with van der Waals surface area (Å²) in [6, 6.07) is 7.19. The number of alkyl halides is 3. The summed E-state index contributed by atoms with van der Waals surface area (Å²) in [6.07, 6.45) is -4.48. The van der Waals surface area contributed by atoms with Crippen LogP contribution in [0.4, 0.5) is 13.2 Å². The molecule has 0 radical (unpaired) electrons. The van der Waals surface area contributed by atoms with Gasteiger partial charge < -0.3 is 0 Å². The quantitative estimate of drug-likeness (QED) is 0.819. The van der Waals surface area contributed by atoms with Crippen LogP contribution in [0.2, 0.25) is 0 Å². The average molecular weight is 349 g/mol. The first-order valence-corrected chi connectivity index (χ1v) is 8.77. The maximum Gasteiger partial charge on any atom is 0.416 e. The Balaban J connectivity index is 2.28. The lowest BCUT2D eigenvalue weighted by Crippen LogP contribution is -2.30. The molecule has 0 saturated heterocycles. The summed E-state index contributed by atoms with van der Waals surface area (Å²) < 4.78 is 63.8. The molecule has 0 fully saturated rings. The Labute approximate surface area is 131 Å². The van der Waals surface area contributed by atoms with Gasteiger partial charge in [-0.15, -0.1) is 11.3 Å². The van der Waals surface area contributed by atoms with Crippen LogP contribution in [-0.4, -0.2) is 19.3 Å². The smallest absolute Gasteiger partial charge is 0.207 e. The summed E-state index contributed by atoms with van der Waals surface area (Å²) in [7, 11) is -3.82. The predicted molar refractivity (Wildman–Crippen MR) is 79.0 cm³/mol.